The molecular weight excluding hydrogens is 264 g/mol. The zero-order chi connectivity index (χ0) is 14.6. The van der Waals surface area contributed by atoms with E-state index in [2.05, 4.69) is 33.0 Å². The normalized spacial score (nSPS) is 13.3. The Labute approximate surface area is 119 Å². The number of non-ortho nitro benzene ring substituents is 1. The van der Waals surface area contributed by atoms with Gasteiger partial charge >= 0.3 is 0 Å². The summed E-state index contributed by atoms with van der Waals surface area (Å²) in [6.45, 7) is 9.45. The van der Waals surface area contributed by atoms with Crippen LogP contribution in [0.4, 0.5) is 5.69 Å². The van der Waals surface area contributed by atoms with E-state index in [1.807, 2.05) is 0 Å². The highest BCUT2D eigenvalue weighted by molar-refractivity contribution is 6.31. The molecule has 1 rings (SSSR count). The van der Waals surface area contributed by atoms with Gasteiger partial charge in [-0.2, -0.15) is 0 Å². The maximum atomic E-state index is 10.7. The Morgan fingerprint density at radius 1 is 1.42 bits per heavy atom. The molecule has 0 saturated carbocycles. The summed E-state index contributed by atoms with van der Waals surface area (Å²) in [5.41, 5.74) is 1.07. The molecule has 0 aliphatic heterocycles. The van der Waals surface area contributed by atoms with Crippen LogP contribution in [0.15, 0.2) is 18.2 Å². The molecule has 0 bridgehead atoms. The first-order valence-electron chi connectivity index (χ1n) is 6.42. The van der Waals surface area contributed by atoms with Crippen LogP contribution in [0.1, 0.15) is 33.3 Å². The average molecular weight is 285 g/mol. The van der Waals surface area contributed by atoms with Crippen LogP contribution in [0, 0.1) is 15.5 Å². The Morgan fingerprint density at radius 2 is 2.05 bits per heavy atom. The van der Waals surface area contributed by atoms with E-state index < -0.39 is 4.92 Å². The quantitative estimate of drug-likeness (QED) is 0.661. The van der Waals surface area contributed by atoms with E-state index in [1.165, 1.54) is 12.1 Å². The van der Waals surface area contributed by atoms with Gasteiger partial charge in [0, 0.05) is 18.2 Å². The number of halogens is 1. The zero-order valence-corrected chi connectivity index (χ0v) is 12.6. The second-order valence-corrected chi connectivity index (χ2v) is 6.12. The van der Waals surface area contributed by atoms with Crippen molar-refractivity contribution in [2.24, 2.45) is 5.41 Å². The van der Waals surface area contributed by atoms with E-state index >= 15 is 0 Å². The van der Waals surface area contributed by atoms with Crippen LogP contribution < -0.4 is 5.32 Å². The van der Waals surface area contributed by atoms with Crippen LogP contribution in [0.25, 0.3) is 0 Å². The van der Waals surface area contributed by atoms with Crippen molar-refractivity contribution in [3.8, 4) is 0 Å². The van der Waals surface area contributed by atoms with Crippen LogP contribution in [0.3, 0.4) is 0 Å². The van der Waals surface area contributed by atoms with Gasteiger partial charge in [0.25, 0.3) is 5.69 Å². The number of hydrogen-bond donors (Lipinski definition) is 1. The smallest absolute Gasteiger partial charge is 0.270 e. The van der Waals surface area contributed by atoms with Crippen molar-refractivity contribution in [3.63, 3.8) is 0 Å². The summed E-state index contributed by atoms with van der Waals surface area (Å²) in [5.74, 6) is 0. The topological polar surface area (TPSA) is 55.2 Å². The van der Waals surface area contributed by atoms with Crippen molar-refractivity contribution in [2.75, 3.05) is 6.54 Å². The van der Waals surface area contributed by atoms with Crippen molar-refractivity contribution in [3.05, 3.63) is 38.9 Å². The summed E-state index contributed by atoms with van der Waals surface area (Å²) in [4.78, 5) is 10.3. The van der Waals surface area contributed by atoms with Crippen molar-refractivity contribution in [1.29, 1.82) is 0 Å². The highest BCUT2D eigenvalue weighted by atomic mass is 35.5. The SMILES string of the molecule is CCNC(Cc1ccc([N+](=O)[O-])cc1Cl)C(C)(C)C. The Morgan fingerprint density at radius 3 is 2.47 bits per heavy atom. The van der Waals surface area contributed by atoms with Gasteiger partial charge in [-0.3, -0.25) is 10.1 Å². The van der Waals surface area contributed by atoms with Crippen molar-refractivity contribution < 1.29 is 4.92 Å². The Kier molecular flexibility index (Phi) is 5.32. The average Bonchev–Trinajstić information content (AvgIpc) is 2.29. The summed E-state index contributed by atoms with van der Waals surface area (Å²) in [7, 11) is 0. The van der Waals surface area contributed by atoms with Gasteiger partial charge in [-0.15, -0.1) is 0 Å². The number of benzene rings is 1. The minimum absolute atomic E-state index is 0.0320. The number of nitrogens with one attached hydrogen (secondary N) is 1. The maximum Gasteiger partial charge on any atom is 0.270 e. The van der Waals surface area contributed by atoms with E-state index in [0.717, 1.165) is 18.5 Å². The van der Waals surface area contributed by atoms with Gasteiger partial charge in [0.15, 0.2) is 0 Å². The lowest BCUT2D eigenvalue weighted by Gasteiger charge is -2.31. The third-order valence-electron chi connectivity index (χ3n) is 3.17. The minimum Gasteiger partial charge on any atom is -0.313 e. The monoisotopic (exact) mass is 284 g/mol. The highest BCUT2D eigenvalue weighted by Gasteiger charge is 2.25. The molecule has 1 unspecified atom stereocenters. The molecule has 4 nitrogen and oxygen atoms in total. The molecule has 5 heteroatoms. The van der Waals surface area contributed by atoms with E-state index in [1.54, 1.807) is 6.07 Å². The molecule has 0 radical (unpaired) electrons. The van der Waals surface area contributed by atoms with Crippen LogP contribution >= 0.6 is 11.6 Å². The van der Waals surface area contributed by atoms with Gasteiger partial charge in [0.05, 0.1) is 9.95 Å². The second kappa shape index (κ2) is 6.35. The third-order valence-corrected chi connectivity index (χ3v) is 3.52. The van der Waals surface area contributed by atoms with Crippen LogP contribution in [-0.4, -0.2) is 17.5 Å². The zero-order valence-electron chi connectivity index (χ0n) is 11.9. The Hall–Kier alpha value is -1.13. The van der Waals surface area contributed by atoms with Gasteiger partial charge in [-0.25, -0.2) is 0 Å². The maximum absolute atomic E-state index is 10.7. The van der Waals surface area contributed by atoms with Crippen molar-refractivity contribution >= 4 is 17.3 Å². The van der Waals surface area contributed by atoms with Crippen LogP contribution in [0.5, 0.6) is 0 Å². The first kappa shape index (κ1) is 15.9. The number of rotatable bonds is 5. The lowest BCUT2D eigenvalue weighted by molar-refractivity contribution is -0.384. The predicted octanol–water partition coefficient (Wildman–Crippen LogP) is 3.81. The number of likely N-dealkylation sites (N-methyl/N-ethyl adjacent to an activating group) is 1. The summed E-state index contributed by atoms with van der Waals surface area (Å²) in [5, 5.41) is 14.6. The van der Waals surface area contributed by atoms with E-state index in [-0.39, 0.29) is 17.1 Å². The van der Waals surface area contributed by atoms with Gasteiger partial charge in [-0.1, -0.05) is 45.4 Å². The molecule has 0 spiro atoms. The van der Waals surface area contributed by atoms with Crippen LogP contribution in [0.2, 0.25) is 5.02 Å². The molecule has 0 aromatic heterocycles. The lowest BCUT2D eigenvalue weighted by Crippen LogP contribution is -2.41. The van der Waals surface area contributed by atoms with Crippen LogP contribution in [-0.2, 0) is 6.42 Å². The van der Waals surface area contributed by atoms with E-state index in [9.17, 15) is 10.1 Å². The molecule has 106 valence electrons. The van der Waals surface area contributed by atoms with Crippen molar-refractivity contribution in [1.82, 2.24) is 5.32 Å². The number of hydrogen-bond acceptors (Lipinski definition) is 3. The standard InChI is InChI=1S/C14H21ClN2O2/c1-5-16-13(14(2,3)4)8-10-6-7-11(17(18)19)9-12(10)15/h6-7,9,13,16H,5,8H2,1-4H3. The fraction of sp³-hybridized carbons (Fsp3) is 0.571. The van der Waals surface area contributed by atoms with Crippen molar-refractivity contribution in [2.45, 2.75) is 40.2 Å². The first-order valence-corrected chi connectivity index (χ1v) is 6.79. The molecule has 0 fully saturated rings. The molecule has 19 heavy (non-hydrogen) atoms. The number of nitro benzene ring substituents is 1. The lowest BCUT2D eigenvalue weighted by atomic mass is 9.83. The number of nitro groups is 1. The predicted molar refractivity (Wildman–Crippen MR) is 78.7 cm³/mol. The molecule has 1 aromatic rings. The van der Waals surface area contributed by atoms with E-state index in [4.69, 9.17) is 11.6 Å². The first-order chi connectivity index (χ1) is 8.75. The molecule has 1 atom stereocenters. The Balaban J connectivity index is 2.94. The fourth-order valence-electron chi connectivity index (χ4n) is 1.97. The Bertz CT molecular complexity index is 455. The molecule has 0 heterocycles. The molecule has 1 N–H and O–H groups in total. The fourth-order valence-corrected chi connectivity index (χ4v) is 2.22. The summed E-state index contributed by atoms with van der Waals surface area (Å²) in [6.07, 6.45) is 0.758. The highest BCUT2D eigenvalue weighted by Crippen LogP contribution is 2.28. The van der Waals surface area contributed by atoms with Gasteiger partial charge in [0.2, 0.25) is 0 Å². The molecule has 0 aliphatic rings. The van der Waals surface area contributed by atoms with Gasteiger partial charge < -0.3 is 5.32 Å². The number of nitrogens with zero attached hydrogens (tertiary/aromatic N) is 1. The van der Waals surface area contributed by atoms with E-state index in [0.29, 0.717) is 5.02 Å². The molecule has 0 aliphatic carbocycles. The third kappa shape index (κ3) is 4.48. The summed E-state index contributed by atoms with van der Waals surface area (Å²) >= 11 is 6.14. The van der Waals surface area contributed by atoms with Gasteiger partial charge in [-0.05, 0) is 23.9 Å². The minimum atomic E-state index is -0.429. The molecule has 1 aromatic carbocycles. The summed E-state index contributed by atoms with van der Waals surface area (Å²) in [6, 6.07) is 4.95. The largest absolute Gasteiger partial charge is 0.313 e. The van der Waals surface area contributed by atoms with Gasteiger partial charge in [0.1, 0.15) is 0 Å². The second-order valence-electron chi connectivity index (χ2n) is 5.71. The molecule has 0 amide bonds. The molecular formula is C14H21ClN2O2. The molecule has 0 saturated heterocycles. The summed E-state index contributed by atoms with van der Waals surface area (Å²) < 4.78 is 0.